The summed E-state index contributed by atoms with van der Waals surface area (Å²) in [5.74, 6) is 1.66. The van der Waals surface area contributed by atoms with Crippen LogP contribution in [0.3, 0.4) is 0 Å². The molecule has 2 saturated heterocycles. The molecule has 1 aromatic heterocycles. The summed E-state index contributed by atoms with van der Waals surface area (Å²) in [4.78, 5) is 5.36. The van der Waals surface area contributed by atoms with Crippen LogP contribution in [0.15, 0.2) is 0 Å². The largest absolute Gasteiger partial charge is 0.376 e. The van der Waals surface area contributed by atoms with Crippen LogP contribution < -0.4 is 0 Å². The molecule has 2 aliphatic heterocycles. The van der Waals surface area contributed by atoms with E-state index in [1.54, 1.807) is 0 Å². The molecule has 0 bridgehead atoms. The number of piperazine rings is 1. The van der Waals surface area contributed by atoms with Crippen LogP contribution >= 0.6 is 0 Å². The highest BCUT2D eigenvalue weighted by Gasteiger charge is 2.33. The zero-order valence-electron chi connectivity index (χ0n) is 17.1. The van der Waals surface area contributed by atoms with E-state index in [9.17, 15) is 0 Å². The molecule has 1 aliphatic carbocycles. The van der Waals surface area contributed by atoms with Crippen LogP contribution in [0, 0.1) is 5.92 Å². The molecule has 1 saturated carbocycles. The number of tetrazole rings is 1. The first-order valence-corrected chi connectivity index (χ1v) is 11.1. The molecular formula is C20H36N6O. The summed E-state index contributed by atoms with van der Waals surface area (Å²) < 4.78 is 7.84. The highest BCUT2D eigenvalue weighted by molar-refractivity contribution is 4.97. The van der Waals surface area contributed by atoms with Crippen LogP contribution in [-0.4, -0.2) is 74.9 Å². The van der Waals surface area contributed by atoms with Gasteiger partial charge in [0.15, 0.2) is 5.82 Å². The second-order valence-corrected chi connectivity index (χ2v) is 9.01. The number of ether oxygens (including phenoxy) is 1. The second-order valence-electron chi connectivity index (χ2n) is 9.01. The van der Waals surface area contributed by atoms with Crippen molar-refractivity contribution >= 4 is 0 Å². The highest BCUT2D eigenvalue weighted by atomic mass is 16.5. The van der Waals surface area contributed by atoms with Crippen molar-refractivity contribution in [3.63, 3.8) is 0 Å². The smallest absolute Gasteiger partial charge is 0.168 e. The predicted octanol–water partition coefficient (Wildman–Crippen LogP) is 2.50. The standard InChI is InChI=1S/C20H36N6O/c1-16(2)14-19(20-21-22-23-26(20)15-18-8-5-13-27-18)25-11-9-24(10-12-25)17-6-3-4-7-17/h16-19H,3-15H2,1-2H3/t18-,19-/m0/s1. The molecule has 7 heteroatoms. The normalized spacial score (nSPS) is 27.0. The van der Waals surface area contributed by atoms with Gasteiger partial charge in [-0.2, -0.15) is 0 Å². The molecule has 1 aromatic rings. The molecule has 152 valence electrons. The van der Waals surface area contributed by atoms with Crippen molar-refractivity contribution in [3.8, 4) is 0 Å². The maximum atomic E-state index is 5.82. The molecule has 0 amide bonds. The number of hydrogen-bond acceptors (Lipinski definition) is 6. The van der Waals surface area contributed by atoms with E-state index in [0.29, 0.717) is 12.0 Å². The van der Waals surface area contributed by atoms with Gasteiger partial charge in [0, 0.05) is 38.8 Å². The Hall–Kier alpha value is -1.05. The lowest BCUT2D eigenvalue weighted by molar-refractivity contribution is 0.0552. The van der Waals surface area contributed by atoms with Gasteiger partial charge in [-0.15, -0.1) is 5.10 Å². The first-order chi connectivity index (χ1) is 13.2. The van der Waals surface area contributed by atoms with Crippen LogP contribution in [0.4, 0.5) is 0 Å². The molecule has 3 fully saturated rings. The molecule has 0 aromatic carbocycles. The molecule has 0 spiro atoms. The van der Waals surface area contributed by atoms with Crippen molar-refractivity contribution in [1.29, 1.82) is 0 Å². The average molecular weight is 377 g/mol. The van der Waals surface area contributed by atoms with Crippen molar-refractivity contribution in [2.45, 2.75) is 83.5 Å². The summed E-state index contributed by atoms with van der Waals surface area (Å²) >= 11 is 0. The number of nitrogens with zero attached hydrogens (tertiary/aromatic N) is 6. The van der Waals surface area contributed by atoms with Gasteiger partial charge < -0.3 is 4.74 Å². The van der Waals surface area contributed by atoms with E-state index in [0.717, 1.165) is 57.4 Å². The maximum Gasteiger partial charge on any atom is 0.168 e. The zero-order valence-corrected chi connectivity index (χ0v) is 17.1. The molecule has 3 heterocycles. The van der Waals surface area contributed by atoms with Crippen LogP contribution in [-0.2, 0) is 11.3 Å². The number of hydrogen-bond donors (Lipinski definition) is 0. The van der Waals surface area contributed by atoms with E-state index in [2.05, 4.69) is 39.2 Å². The second kappa shape index (κ2) is 8.97. The Balaban J connectivity index is 1.43. The van der Waals surface area contributed by atoms with Gasteiger partial charge in [0.25, 0.3) is 0 Å². The van der Waals surface area contributed by atoms with Crippen molar-refractivity contribution < 1.29 is 4.74 Å². The molecule has 4 rings (SSSR count). The van der Waals surface area contributed by atoms with Gasteiger partial charge in [0.05, 0.1) is 18.7 Å². The first-order valence-electron chi connectivity index (χ1n) is 11.1. The molecule has 27 heavy (non-hydrogen) atoms. The summed E-state index contributed by atoms with van der Waals surface area (Å²) in [6.07, 6.45) is 9.28. The van der Waals surface area contributed by atoms with Crippen LogP contribution in [0.5, 0.6) is 0 Å². The third-order valence-electron chi connectivity index (χ3n) is 6.58. The fourth-order valence-electron chi connectivity index (χ4n) is 5.11. The summed E-state index contributed by atoms with van der Waals surface area (Å²) in [7, 11) is 0. The molecular weight excluding hydrogens is 340 g/mol. The Morgan fingerprint density at radius 3 is 2.48 bits per heavy atom. The van der Waals surface area contributed by atoms with E-state index in [1.165, 1.54) is 38.8 Å². The van der Waals surface area contributed by atoms with Crippen LogP contribution in [0.2, 0.25) is 0 Å². The van der Waals surface area contributed by atoms with Gasteiger partial charge in [-0.05, 0) is 48.4 Å². The lowest BCUT2D eigenvalue weighted by Crippen LogP contribution is -2.51. The van der Waals surface area contributed by atoms with Crippen molar-refractivity contribution in [3.05, 3.63) is 5.82 Å². The first kappa shape index (κ1) is 19.3. The summed E-state index contributed by atoms with van der Waals surface area (Å²) in [6.45, 7) is 10.9. The highest BCUT2D eigenvalue weighted by Crippen LogP contribution is 2.30. The predicted molar refractivity (Wildman–Crippen MR) is 104 cm³/mol. The zero-order chi connectivity index (χ0) is 18.6. The van der Waals surface area contributed by atoms with Crippen molar-refractivity contribution in [2.75, 3.05) is 32.8 Å². The Kier molecular flexibility index (Phi) is 6.40. The van der Waals surface area contributed by atoms with E-state index >= 15 is 0 Å². The summed E-state index contributed by atoms with van der Waals surface area (Å²) in [6, 6.07) is 1.15. The summed E-state index contributed by atoms with van der Waals surface area (Å²) in [5, 5.41) is 12.8. The maximum absolute atomic E-state index is 5.82. The SMILES string of the molecule is CC(C)C[C@@H](c1nnnn1C[C@@H]1CCCO1)N1CCN(C2CCCC2)CC1. The summed E-state index contributed by atoms with van der Waals surface area (Å²) in [5.41, 5.74) is 0. The molecule has 0 unspecified atom stereocenters. The Labute approximate surface area is 163 Å². The monoisotopic (exact) mass is 376 g/mol. The minimum atomic E-state index is 0.270. The topological polar surface area (TPSA) is 59.3 Å². The Morgan fingerprint density at radius 2 is 1.81 bits per heavy atom. The van der Waals surface area contributed by atoms with Crippen LogP contribution in [0.1, 0.15) is 70.7 Å². The van der Waals surface area contributed by atoms with Gasteiger partial charge in [-0.1, -0.05) is 26.7 Å². The van der Waals surface area contributed by atoms with Gasteiger partial charge in [-0.3, -0.25) is 9.80 Å². The van der Waals surface area contributed by atoms with E-state index in [-0.39, 0.29) is 6.10 Å². The Morgan fingerprint density at radius 1 is 1.04 bits per heavy atom. The number of aromatic nitrogens is 4. The number of rotatable bonds is 7. The minimum Gasteiger partial charge on any atom is -0.376 e. The van der Waals surface area contributed by atoms with E-state index in [4.69, 9.17) is 4.74 Å². The third-order valence-corrected chi connectivity index (χ3v) is 6.58. The third kappa shape index (κ3) is 4.69. The van der Waals surface area contributed by atoms with Crippen molar-refractivity contribution in [2.24, 2.45) is 5.92 Å². The molecule has 7 nitrogen and oxygen atoms in total. The van der Waals surface area contributed by atoms with Gasteiger partial charge in [0.2, 0.25) is 0 Å². The fourth-order valence-corrected chi connectivity index (χ4v) is 5.11. The van der Waals surface area contributed by atoms with E-state index in [1.807, 2.05) is 4.68 Å². The molecule has 0 radical (unpaired) electrons. The molecule has 3 aliphatic rings. The lowest BCUT2D eigenvalue weighted by atomic mass is 10.0. The molecule has 2 atom stereocenters. The average Bonchev–Trinajstić information content (AvgIpc) is 3.43. The Bertz CT molecular complexity index is 571. The van der Waals surface area contributed by atoms with Crippen molar-refractivity contribution in [1.82, 2.24) is 30.0 Å². The van der Waals surface area contributed by atoms with E-state index < -0.39 is 0 Å². The minimum absolute atomic E-state index is 0.270. The quantitative estimate of drug-likeness (QED) is 0.729. The van der Waals surface area contributed by atoms with Gasteiger partial charge in [0.1, 0.15) is 0 Å². The fraction of sp³-hybridized carbons (Fsp3) is 0.950. The lowest BCUT2D eigenvalue weighted by Gasteiger charge is -2.41. The van der Waals surface area contributed by atoms with Crippen LogP contribution in [0.25, 0.3) is 0 Å². The van der Waals surface area contributed by atoms with Gasteiger partial charge >= 0.3 is 0 Å². The molecule has 0 N–H and O–H groups in total. The van der Waals surface area contributed by atoms with Gasteiger partial charge in [-0.25, -0.2) is 4.68 Å².